The summed E-state index contributed by atoms with van der Waals surface area (Å²) in [6, 6.07) is 3.30. The fourth-order valence-electron chi connectivity index (χ4n) is 2.78. The van der Waals surface area contributed by atoms with Gasteiger partial charge in [-0.3, -0.25) is 4.79 Å². The number of hydrogen-bond acceptors (Lipinski definition) is 2. The number of carbonyl (C=O) groups is 2. The molecule has 0 spiro atoms. The van der Waals surface area contributed by atoms with Crippen LogP contribution in [-0.4, -0.2) is 27.6 Å². The molecule has 1 unspecified atom stereocenters. The van der Waals surface area contributed by atoms with Gasteiger partial charge in [0, 0.05) is 12.2 Å². The maximum absolute atomic E-state index is 11.9. The van der Waals surface area contributed by atoms with Gasteiger partial charge in [0.15, 0.2) is 0 Å². The molecular formula is C14H20N2O3. The van der Waals surface area contributed by atoms with Crippen LogP contribution in [0.4, 0.5) is 0 Å². The minimum absolute atomic E-state index is 0.0612. The summed E-state index contributed by atoms with van der Waals surface area (Å²) < 4.78 is 1.46. The lowest BCUT2D eigenvalue weighted by Gasteiger charge is -2.20. The van der Waals surface area contributed by atoms with E-state index in [2.05, 4.69) is 5.32 Å². The third-order valence-corrected chi connectivity index (χ3v) is 3.86. The van der Waals surface area contributed by atoms with E-state index in [1.165, 1.54) is 36.3 Å². The summed E-state index contributed by atoms with van der Waals surface area (Å²) in [6.45, 7) is 2.09. The average Bonchev–Trinajstić information content (AvgIpc) is 2.98. The Morgan fingerprint density at radius 3 is 2.79 bits per heavy atom. The van der Waals surface area contributed by atoms with Crippen molar-refractivity contribution >= 4 is 11.9 Å². The monoisotopic (exact) mass is 264 g/mol. The predicted octanol–water partition coefficient (Wildman–Crippen LogP) is 1.88. The highest BCUT2D eigenvalue weighted by Crippen LogP contribution is 2.27. The SMILES string of the molecule is CC(NC(=O)Cn1cccc1C(=O)O)C1CCCC1. The first-order valence-corrected chi connectivity index (χ1v) is 6.75. The van der Waals surface area contributed by atoms with E-state index in [1.807, 2.05) is 6.92 Å². The Morgan fingerprint density at radius 2 is 2.16 bits per heavy atom. The lowest BCUT2D eigenvalue weighted by Crippen LogP contribution is -2.39. The maximum atomic E-state index is 11.9. The van der Waals surface area contributed by atoms with Crippen LogP contribution in [0.1, 0.15) is 43.1 Å². The number of nitrogens with zero attached hydrogens (tertiary/aromatic N) is 1. The van der Waals surface area contributed by atoms with Gasteiger partial charge in [-0.15, -0.1) is 0 Å². The topological polar surface area (TPSA) is 71.3 Å². The molecule has 2 rings (SSSR count). The van der Waals surface area contributed by atoms with Crippen LogP contribution in [0.5, 0.6) is 0 Å². The molecule has 104 valence electrons. The van der Waals surface area contributed by atoms with Crippen LogP contribution >= 0.6 is 0 Å². The number of rotatable bonds is 5. The van der Waals surface area contributed by atoms with E-state index in [1.54, 1.807) is 12.3 Å². The van der Waals surface area contributed by atoms with Gasteiger partial charge in [-0.05, 0) is 37.8 Å². The van der Waals surface area contributed by atoms with Gasteiger partial charge in [0.05, 0.1) is 0 Å². The normalized spacial score (nSPS) is 17.3. The minimum Gasteiger partial charge on any atom is -0.477 e. The van der Waals surface area contributed by atoms with E-state index in [9.17, 15) is 9.59 Å². The van der Waals surface area contributed by atoms with E-state index < -0.39 is 5.97 Å². The van der Waals surface area contributed by atoms with E-state index in [0.29, 0.717) is 5.92 Å². The van der Waals surface area contributed by atoms with Gasteiger partial charge in [0.25, 0.3) is 0 Å². The molecule has 0 bridgehead atoms. The second-order valence-electron chi connectivity index (χ2n) is 5.23. The molecule has 5 nitrogen and oxygen atoms in total. The number of carboxylic acids is 1. The quantitative estimate of drug-likeness (QED) is 0.853. The van der Waals surface area contributed by atoms with Crippen molar-refractivity contribution in [2.24, 2.45) is 5.92 Å². The molecule has 5 heteroatoms. The summed E-state index contributed by atoms with van der Waals surface area (Å²) >= 11 is 0. The highest BCUT2D eigenvalue weighted by molar-refractivity contribution is 5.86. The zero-order valence-electron chi connectivity index (χ0n) is 11.1. The van der Waals surface area contributed by atoms with Gasteiger partial charge in [-0.1, -0.05) is 12.8 Å². The summed E-state index contributed by atoms with van der Waals surface area (Å²) in [5, 5.41) is 11.9. The molecule has 0 aliphatic heterocycles. The largest absolute Gasteiger partial charge is 0.477 e. The lowest BCUT2D eigenvalue weighted by atomic mass is 10.00. The number of carbonyl (C=O) groups excluding carboxylic acids is 1. The number of nitrogens with one attached hydrogen (secondary N) is 1. The van der Waals surface area contributed by atoms with Crippen molar-refractivity contribution in [3.63, 3.8) is 0 Å². The van der Waals surface area contributed by atoms with Gasteiger partial charge in [-0.25, -0.2) is 4.79 Å². The van der Waals surface area contributed by atoms with Gasteiger partial charge < -0.3 is 15.0 Å². The zero-order chi connectivity index (χ0) is 13.8. The summed E-state index contributed by atoms with van der Waals surface area (Å²) in [6.07, 6.45) is 6.44. The van der Waals surface area contributed by atoms with E-state index in [-0.39, 0.29) is 24.2 Å². The molecule has 0 saturated heterocycles. The maximum Gasteiger partial charge on any atom is 0.352 e. The van der Waals surface area contributed by atoms with Crippen LogP contribution in [0.2, 0.25) is 0 Å². The van der Waals surface area contributed by atoms with Crippen molar-refractivity contribution in [1.82, 2.24) is 9.88 Å². The summed E-state index contributed by atoms with van der Waals surface area (Å²) in [7, 11) is 0. The highest BCUT2D eigenvalue weighted by atomic mass is 16.4. The average molecular weight is 264 g/mol. The molecule has 0 radical (unpaired) electrons. The Balaban J connectivity index is 1.90. The van der Waals surface area contributed by atoms with Crippen LogP contribution in [-0.2, 0) is 11.3 Å². The number of hydrogen-bond donors (Lipinski definition) is 2. The van der Waals surface area contributed by atoms with Gasteiger partial charge in [0.2, 0.25) is 5.91 Å². The van der Waals surface area contributed by atoms with Gasteiger partial charge in [0.1, 0.15) is 12.2 Å². The summed E-state index contributed by atoms with van der Waals surface area (Å²) in [5.74, 6) is -0.577. The van der Waals surface area contributed by atoms with Gasteiger partial charge >= 0.3 is 5.97 Å². The predicted molar refractivity (Wildman–Crippen MR) is 71.0 cm³/mol. The van der Waals surface area contributed by atoms with Crippen molar-refractivity contribution < 1.29 is 14.7 Å². The van der Waals surface area contributed by atoms with Crippen molar-refractivity contribution in [2.75, 3.05) is 0 Å². The molecule has 1 saturated carbocycles. The standard InChI is InChI=1S/C14H20N2O3/c1-10(11-5-2-3-6-11)15-13(17)9-16-8-4-7-12(16)14(18)19/h4,7-8,10-11H,2-3,5-6,9H2,1H3,(H,15,17)(H,18,19). The molecule has 1 aromatic rings. The van der Waals surface area contributed by atoms with Crippen molar-refractivity contribution in [2.45, 2.75) is 45.2 Å². The van der Waals surface area contributed by atoms with E-state index in [4.69, 9.17) is 5.11 Å². The molecule has 19 heavy (non-hydrogen) atoms. The molecule has 1 fully saturated rings. The zero-order valence-corrected chi connectivity index (χ0v) is 11.1. The molecule has 0 aromatic carbocycles. The lowest BCUT2D eigenvalue weighted by molar-refractivity contribution is -0.122. The molecular weight excluding hydrogens is 244 g/mol. The fraction of sp³-hybridized carbons (Fsp3) is 0.571. The summed E-state index contributed by atoms with van der Waals surface area (Å²) in [4.78, 5) is 22.9. The smallest absolute Gasteiger partial charge is 0.352 e. The second-order valence-corrected chi connectivity index (χ2v) is 5.23. The Bertz CT molecular complexity index is 461. The number of aromatic nitrogens is 1. The van der Waals surface area contributed by atoms with Crippen molar-refractivity contribution in [3.05, 3.63) is 24.0 Å². The third kappa shape index (κ3) is 3.36. The molecule has 1 aliphatic rings. The van der Waals surface area contributed by atoms with Crippen molar-refractivity contribution in [1.29, 1.82) is 0 Å². The Kier molecular flexibility index (Phi) is 4.24. The number of amides is 1. The van der Waals surface area contributed by atoms with Crippen LogP contribution in [0, 0.1) is 5.92 Å². The fourth-order valence-corrected chi connectivity index (χ4v) is 2.78. The highest BCUT2D eigenvalue weighted by Gasteiger charge is 2.23. The first kappa shape index (κ1) is 13.6. The Hall–Kier alpha value is -1.78. The first-order valence-electron chi connectivity index (χ1n) is 6.75. The first-order chi connectivity index (χ1) is 9.08. The van der Waals surface area contributed by atoms with E-state index in [0.717, 1.165) is 0 Å². The van der Waals surface area contributed by atoms with Gasteiger partial charge in [-0.2, -0.15) is 0 Å². The molecule has 1 amide bonds. The number of aromatic carboxylic acids is 1. The number of carboxylic acid groups (broad SMARTS) is 1. The Morgan fingerprint density at radius 1 is 1.47 bits per heavy atom. The van der Waals surface area contributed by atoms with Crippen LogP contribution < -0.4 is 5.32 Å². The second kappa shape index (κ2) is 5.91. The minimum atomic E-state index is -1.01. The molecule has 1 aromatic heterocycles. The third-order valence-electron chi connectivity index (χ3n) is 3.86. The van der Waals surface area contributed by atoms with Crippen LogP contribution in [0.25, 0.3) is 0 Å². The Labute approximate surface area is 112 Å². The van der Waals surface area contributed by atoms with E-state index >= 15 is 0 Å². The molecule has 1 heterocycles. The molecule has 2 N–H and O–H groups in total. The van der Waals surface area contributed by atoms with Crippen molar-refractivity contribution in [3.8, 4) is 0 Å². The molecule has 1 aliphatic carbocycles. The molecule has 1 atom stereocenters. The summed E-state index contributed by atoms with van der Waals surface area (Å²) in [5.41, 5.74) is 0.142. The van der Waals surface area contributed by atoms with Crippen LogP contribution in [0.15, 0.2) is 18.3 Å². The van der Waals surface area contributed by atoms with Crippen LogP contribution in [0.3, 0.4) is 0 Å².